The third-order valence-corrected chi connectivity index (χ3v) is 7.05. The van der Waals surface area contributed by atoms with Gasteiger partial charge in [-0.1, -0.05) is 29.4 Å². The molecule has 0 aliphatic carbocycles. The van der Waals surface area contributed by atoms with Crippen LogP contribution in [0.3, 0.4) is 0 Å². The number of halogens is 1. The molecule has 0 saturated heterocycles. The summed E-state index contributed by atoms with van der Waals surface area (Å²) < 4.78 is 12.5. The Hall–Kier alpha value is -4.42. The van der Waals surface area contributed by atoms with E-state index in [9.17, 15) is 14.9 Å². The van der Waals surface area contributed by atoms with Gasteiger partial charge in [0.1, 0.15) is 0 Å². The summed E-state index contributed by atoms with van der Waals surface area (Å²) in [6.07, 6.45) is 0. The zero-order chi connectivity index (χ0) is 27.7. The number of non-ortho nitro benzene ring substituents is 1. The molecule has 0 aliphatic rings. The molecular weight excluding hydrogens is 544 g/mol. The minimum Gasteiger partial charge on any atom is -0.493 e. The zero-order valence-electron chi connectivity index (χ0n) is 21.0. The smallest absolute Gasteiger partial charge is 0.269 e. The van der Waals surface area contributed by atoms with Crippen molar-refractivity contribution in [3.05, 3.63) is 75.3 Å². The van der Waals surface area contributed by atoms with Crippen LogP contribution in [0.2, 0.25) is 5.02 Å². The summed E-state index contributed by atoms with van der Waals surface area (Å²) in [5.74, 6) is 1.12. The lowest BCUT2D eigenvalue weighted by atomic mass is 10.2. The molecule has 0 aliphatic heterocycles. The number of ether oxygens (including phenoxy) is 2. The van der Waals surface area contributed by atoms with Crippen molar-refractivity contribution >= 4 is 57.2 Å². The van der Waals surface area contributed by atoms with Crippen LogP contribution >= 0.6 is 23.4 Å². The average molecular weight is 565 g/mol. The van der Waals surface area contributed by atoms with Crippen LogP contribution in [-0.4, -0.2) is 50.4 Å². The Labute approximate surface area is 231 Å². The molecule has 13 heteroatoms. The summed E-state index contributed by atoms with van der Waals surface area (Å²) in [6.45, 7) is 1.88. The number of nitrogens with zero attached hydrogens (tertiary/aromatic N) is 5. The fourth-order valence-corrected chi connectivity index (χ4v) is 4.82. The number of hydrogen-bond acceptors (Lipinski definition) is 9. The number of amides is 1. The largest absolute Gasteiger partial charge is 0.493 e. The number of hydrogen-bond donors (Lipinski definition) is 1. The lowest BCUT2D eigenvalue weighted by molar-refractivity contribution is -0.384. The molecule has 0 fully saturated rings. The van der Waals surface area contributed by atoms with E-state index in [1.165, 1.54) is 38.1 Å². The number of carbonyl (C=O) groups excluding carboxylic acids is 1. The van der Waals surface area contributed by atoms with Crippen molar-refractivity contribution in [3.8, 4) is 22.9 Å². The molecule has 0 radical (unpaired) electrons. The second-order valence-electron chi connectivity index (χ2n) is 8.39. The Morgan fingerprint density at radius 1 is 1.08 bits per heavy atom. The lowest BCUT2D eigenvalue weighted by Gasteiger charge is -2.11. The van der Waals surface area contributed by atoms with E-state index in [2.05, 4.69) is 10.4 Å². The van der Waals surface area contributed by atoms with Crippen LogP contribution < -0.4 is 14.8 Å². The summed E-state index contributed by atoms with van der Waals surface area (Å²) in [5.41, 5.74) is 3.10. The molecule has 0 bridgehead atoms. The molecule has 39 heavy (non-hydrogen) atoms. The van der Waals surface area contributed by atoms with Crippen LogP contribution in [0.25, 0.3) is 27.9 Å². The van der Waals surface area contributed by atoms with Crippen LogP contribution in [-0.2, 0) is 4.79 Å². The van der Waals surface area contributed by atoms with Gasteiger partial charge in [0.05, 0.1) is 30.4 Å². The maximum atomic E-state index is 12.8. The highest BCUT2D eigenvalue weighted by atomic mass is 35.5. The first-order chi connectivity index (χ1) is 18.8. The molecule has 2 heterocycles. The number of rotatable bonds is 8. The number of benzene rings is 3. The molecule has 5 aromatic rings. The minimum absolute atomic E-state index is 0.0383. The van der Waals surface area contributed by atoms with Crippen molar-refractivity contribution in [1.29, 1.82) is 0 Å². The quantitative estimate of drug-likeness (QED) is 0.111. The van der Waals surface area contributed by atoms with Gasteiger partial charge in [0.25, 0.3) is 5.69 Å². The maximum Gasteiger partial charge on any atom is 0.269 e. The predicted octanol–water partition coefficient (Wildman–Crippen LogP) is 5.56. The SMILES string of the molecule is COc1cc2nc(SCC(=O)Nc3cc(Cl)ccc3C)n3nc(-c4ccc([N+](=O)[O-])cc4)nc3c2cc1OC. The van der Waals surface area contributed by atoms with E-state index in [-0.39, 0.29) is 17.3 Å². The number of aryl methyl sites for hydroxylation is 1. The van der Waals surface area contributed by atoms with Crippen molar-refractivity contribution in [2.75, 3.05) is 25.3 Å². The van der Waals surface area contributed by atoms with E-state index in [4.69, 9.17) is 31.0 Å². The van der Waals surface area contributed by atoms with E-state index >= 15 is 0 Å². The lowest BCUT2D eigenvalue weighted by Crippen LogP contribution is -2.15. The van der Waals surface area contributed by atoms with Gasteiger partial charge in [-0.15, -0.1) is 5.10 Å². The van der Waals surface area contributed by atoms with E-state index in [1.807, 2.05) is 13.0 Å². The topological polar surface area (TPSA) is 134 Å². The van der Waals surface area contributed by atoms with Crippen molar-refractivity contribution in [3.63, 3.8) is 0 Å². The van der Waals surface area contributed by atoms with Gasteiger partial charge >= 0.3 is 0 Å². The molecule has 0 spiro atoms. The van der Waals surface area contributed by atoms with E-state index in [1.54, 1.807) is 40.9 Å². The summed E-state index contributed by atoms with van der Waals surface area (Å²) >= 11 is 7.26. The summed E-state index contributed by atoms with van der Waals surface area (Å²) in [6, 6.07) is 14.7. The van der Waals surface area contributed by atoms with Gasteiger partial charge in [0.2, 0.25) is 5.91 Å². The maximum absolute atomic E-state index is 12.8. The normalized spacial score (nSPS) is 11.1. The van der Waals surface area contributed by atoms with E-state index < -0.39 is 4.92 Å². The highest BCUT2D eigenvalue weighted by Crippen LogP contribution is 2.35. The number of thioether (sulfide) groups is 1. The molecule has 5 rings (SSSR count). The van der Waals surface area contributed by atoms with Gasteiger partial charge in [-0.05, 0) is 42.8 Å². The van der Waals surface area contributed by atoms with Crippen molar-refractivity contribution < 1.29 is 19.2 Å². The number of aromatic nitrogens is 4. The third-order valence-electron chi connectivity index (χ3n) is 5.89. The Kier molecular flexibility index (Phi) is 7.22. The molecule has 0 saturated carbocycles. The first kappa shape index (κ1) is 26.2. The number of carbonyl (C=O) groups is 1. The van der Waals surface area contributed by atoms with Crippen LogP contribution in [0.5, 0.6) is 11.5 Å². The highest BCUT2D eigenvalue weighted by Gasteiger charge is 2.19. The molecule has 0 atom stereocenters. The molecule has 1 amide bonds. The standard InChI is InChI=1S/C26H21ClN6O5S/c1-14-4-7-16(27)10-19(14)28-23(34)13-39-26-29-20-12-22(38-3)21(37-2)11-18(20)25-30-24(31-32(25)26)15-5-8-17(9-6-15)33(35)36/h4-12H,13H2,1-3H3,(H,28,34). The molecule has 198 valence electrons. The number of nitrogens with one attached hydrogen (secondary N) is 1. The average Bonchev–Trinajstić information content (AvgIpc) is 3.39. The van der Waals surface area contributed by atoms with E-state index in [0.29, 0.717) is 55.3 Å². The highest BCUT2D eigenvalue weighted by molar-refractivity contribution is 7.99. The van der Waals surface area contributed by atoms with Gasteiger partial charge in [0, 0.05) is 39.9 Å². The molecule has 0 unspecified atom stereocenters. The fraction of sp³-hybridized carbons (Fsp3) is 0.154. The van der Waals surface area contributed by atoms with Gasteiger partial charge in [-0.3, -0.25) is 14.9 Å². The number of nitro benzene ring substituents is 1. The number of anilines is 1. The minimum atomic E-state index is -0.470. The Morgan fingerprint density at radius 3 is 2.49 bits per heavy atom. The van der Waals surface area contributed by atoms with Crippen LogP contribution in [0, 0.1) is 17.0 Å². The molecule has 11 nitrogen and oxygen atoms in total. The first-order valence-electron chi connectivity index (χ1n) is 11.5. The Balaban J connectivity index is 1.55. The van der Waals surface area contributed by atoms with Crippen LogP contribution in [0.15, 0.2) is 59.8 Å². The summed E-state index contributed by atoms with van der Waals surface area (Å²) in [4.78, 5) is 32.9. The molecule has 1 N–H and O–H groups in total. The summed E-state index contributed by atoms with van der Waals surface area (Å²) in [7, 11) is 3.06. The predicted molar refractivity (Wildman–Crippen MR) is 149 cm³/mol. The molecule has 2 aromatic heterocycles. The van der Waals surface area contributed by atoms with Crippen molar-refractivity contribution in [2.24, 2.45) is 0 Å². The number of methoxy groups -OCH3 is 2. The van der Waals surface area contributed by atoms with Crippen LogP contribution in [0.4, 0.5) is 11.4 Å². The van der Waals surface area contributed by atoms with Gasteiger partial charge in [-0.25, -0.2) is 9.97 Å². The van der Waals surface area contributed by atoms with Gasteiger partial charge < -0.3 is 14.8 Å². The van der Waals surface area contributed by atoms with Crippen molar-refractivity contribution in [1.82, 2.24) is 19.6 Å². The zero-order valence-corrected chi connectivity index (χ0v) is 22.5. The fourth-order valence-electron chi connectivity index (χ4n) is 3.90. The summed E-state index contributed by atoms with van der Waals surface area (Å²) in [5, 5.41) is 20.2. The Bertz CT molecular complexity index is 1740. The number of nitro groups is 1. The van der Waals surface area contributed by atoms with Crippen molar-refractivity contribution in [2.45, 2.75) is 12.1 Å². The molecule has 3 aromatic carbocycles. The van der Waals surface area contributed by atoms with Gasteiger partial charge in [-0.2, -0.15) is 4.52 Å². The first-order valence-corrected chi connectivity index (χ1v) is 12.9. The third kappa shape index (κ3) is 5.29. The Morgan fingerprint density at radius 2 is 1.79 bits per heavy atom. The van der Waals surface area contributed by atoms with Gasteiger partial charge in [0.15, 0.2) is 28.1 Å². The monoisotopic (exact) mass is 564 g/mol. The van der Waals surface area contributed by atoms with Crippen LogP contribution in [0.1, 0.15) is 5.56 Å². The number of fused-ring (bicyclic) bond motifs is 3. The second-order valence-corrected chi connectivity index (χ2v) is 9.77. The molecular formula is C26H21ClN6O5S. The second kappa shape index (κ2) is 10.8. The van der Waals surface area contributed by atoms with E-state index in [0.717, 1.165) is 5.56 Å².